The van der Waals surface area contributed by atoms with E-state index in [9.17, 15) is 9.59 Å². The third kappa shape index (κ3) is 2.88. The normalized spacial score (nSPS) is 11.2. The summed E-state index contributed by atoms with van der Waals surface area (Å²) in [6.45, 7) is 4.07. The largest absolute Gasteiger partial charge is 0.489 e. The van der Waals surface area contributed by atoms with Crippen LogP contribution in [0.1, 0.15) is 16.7 Å². The lowest BCUT2D eigenvalue weighted by Crippen LogP contribution is -2.08. The number of rotatable bonds is 3. The molecule has 0 radical (unpaired) electrons. The number of aromatic nitrogens is 1. The van der Waals surface area contributed by atoms with Gasteiger partial charge < -0.3 is 14.1 Å². The highest BCUT2D eigenvalue weighted by molar-refractivity contribution is 5.85. The molecule has 1 N–H and O–H groups in total. The van der Waals surface area contributed by atoms with Crippen LogP contribution in [0.2, 0.25) is 0 Å². The number of para-hydroxylation sites is 1. The lowest BCUT2D eigenvalue weighted by Gasteiger charge is -2.11. The molecule has 0 saturated heterocycles. The van der Waals surface area contributed by atoms with E-state index in [4.69, 9.17) is 9.15 Å². The van der Waals surface area contributed by atoms with E-state index in [0.29, 0.717) is 11.3 Å². The molecule has 2 aromatic heterocycles. The molecular weight excluding hydrogens is 330 g/mol. The highest BCUT2D eigenvalue weighted by Gasteiger charge is 2.09. The molecule has 0 amide bonds. The van der Waals surface area contributed by atoms with Gasteiger partial charge in [0.2, 0.25) is 5.56 Å². The van der Waals surface area contributed by atoms with Crippen LogP contribution in [0, 0.1) is 13.8 Å². The van der Waals surface area contributed by atoms with Crippen LogP contribution in [0.3, 0.4) is 0 Å². The first kappa shape index (κ1) is 16.1. The van der Waals surface area contributed by atoms with Crippen molar-refractivity contribution in [2.24, 2.45) is 0 Å². The molecule has 26 heavy (non-hydrogen) atoms. The number of ether oxygens (including phenoxy) is 1. The minimum absolute atomic E-state index is 0.168. The first-order valence-corrected chi connectivity index (χ1v) is 8.30. The summed E-state index contributed by atoms with van der Waals surface area (Å²) in [6, 6.07) is 14.2. The van der Waals surface area contributed by atoms with Gasteiger partial charge in [-0.25, -0.2) is 4.79 Å². The van der Waals surface area contributed by atoms with Crippen molar-refractivity contribution in [1.29, 1.82) is 0 Å². The number of benzene rings is 2. The lowest BCUT2D eigenvalue weighted by atomic mass is 10.1. The minimum atomic E-state index is -0.382. The standard InChI is InChI=1S/C21H17NO4/c1-12-7-15(10-18-21(12)13(2)8-20(24)26-18)25-11-14-9-19(23)22-17-6-4-3-5-16(14)17/h3-10H,11H2,1-2H3,(H,22,23). The monoisotopic (exact) mass is 347 g/mol. The average Bonchev–Trinajstić information content (AvgIpc) is 2.58. The first-order valence-electron chi connectivity index (χ1n) is 8.30. The van der Waals surface area contributed by atoms with Crippen molar-refractivity contribution in [2.75, 3.05) is 0 Å². The number of nitrogens with one attached hydrogen (secondary N) is 1. The summed E-state index contributed by atoms with van der Waals surface area (Å²) >= 11 is 0. The number of hydrogen-bond acceptors (Lipinski definition) is 4. The SMILES string of the molecule is Cc1cc(OCc2cc(=O)[nH]c3ccccc23)cc2oc(=O)cc(C)c12. The predicted molar refractivity (Wildman–Crippen MR) is 101 cm³/mol. The van der Waals surface area contributed by atoms with Crippen molar-refractivity contribution >= 4 is 21.9 Å². The molecule has 130 valence electrons. The number of pyridine rings is 1. The third-order valence-corrected chi connectivity index (χ3v) is 4.44. The van der Waals surface area contributed by atoms with Crippen molar-refractivity contribution in [3.8, 4) is 5.75 Å². The summed E-state index contributed by atoms with van der Waals surface area (Å²) in [4.78, 5) is 26.3. The highest BCUT2D eigenvalue weighted by Crippen LogP contribution is 2.27. The summed E-state index contributed by atoms with van der Waals surface area (Å²) in [5.74, 6) is 0.591. The zero-order chi connectivity index (χ0) is 18.3. The highest BCUT2D eigenvalue weighted by atomic mass is 16.5. The maximum Gasteiger partial charge on any atom is 0.336 e. The molecule has 5 nitrogen and oxygen atoms in total. The van der Waals surface area contributed by atoms with E-state index in [0.717, 1.165) is 33.0 Å². The second-order valence-electron chi connectivity index (χ2n) is 6.35. The van der Waals surface area contributed by atoms with Crippen LogP contribution in [0.15, 0.2) is 62.5 Å². The van der Waals surface area contributed by atoms with E-state index < -0.39 is 0 Å². The number of aromatic amines is 1. The van der Waals surface area contributed by atoms with Crippen LogP contribution in [-0.2, 0) is 6.61 Å². The summed E-state index contributed by atoms with van der Waals surface area (Å²) in [5, 5.41) is 1.85. The van der Waals surface area contributed by atoms with Gasteiger partial charge in [0.1, 0.15) is 17.9 Å². The Kier molecular flexibility index (Phi) is 3.84. The van der Waals surface area contributed by atoms with Crippen molar-refractivity contribution in [3.05, 3.63) is 86.0 Å². The minimum Gasteiger partial charge on any atom is -0.489 e. The van der Waals surface area contributed by atoms with Gasteiger partial charge >= 0.3 is 5.63 Å². The molecule has 0 aliphatic heterocycles. The van der Waals surface area contributed by atoms with Crippen molar-refractivity contribution in [1.82, 2.24) is 4.98 Å². The van der Waals surface area contributed by atoms with Gasteiger partial charge in [0, 0.05) is 40.1 Å². The maximum absolute atomic E-state index is 11.9. The maximum atomic E-state index is 11.9. The molecule has 0 atom stereocenters. The fourth-order valence-corrected chi connectivity index (χ4v) is 3.34. The Bertz CT molecular complexity index is 1250. The molecule has 2 heterocycles. The van der Waals surface area contributed by atoms with Crippen LogP contribution in [-0.4, -0.2) is 4.98 Å². The van der Waals surface area contributed by atoms with Crippen LogP contribution in [0.5, 0.6) is 5.75 Å². The van der Waals surface area contributed by atoms with E-state index in [1.165, 1.54) is 6.07 Å². The Balaban J connectivity index is 1.73. The van der Waals surface area contributed by atoms with E-state index in [1.54, 1.807) is 12.1 Å². The van der Waals surface area contributed by atoms with Crippen LogP contribution < -0.4 is 15.9 Å². The van der Waals surface area contributed by atoms with Gasteiger partial charge in [-0.1, -0.05) is 18.2 Å². The molecule has 5 heteroatoms. The predicted octanol–water partition coefficient (Wildman–Crippen LogP) is 3.83. The molecule has 0 bridgehead atoms. The van der Waals surface area contributed by atoms with Crippen LogP contribution in [0.4, 0.5) is 0 Å². The Labute approximate surface area is 148 Å². The van der Waals surface area contributed by atoms with E-state index in [-0.39, 0.29) is 17.8 Å². The molecule has 0 spiro atoms. The average molecular weight is 347 g/mol. The van der Waals surface area contributed by atoms with Gasteiger partial charge in [0.05, 0.1) is 0 Å². The molecule has 0 aliphatic carbocycles. The van der Waals surface area contributed by atoms with E-state index in [2.05, 4.69) is 4.98 Å². The van der Waals surface area contributed by atoms with Gasteiger partial charge in [-0.05, 0) is 37.1 Å². The lowest BCUT2D eigenvalue weighted by molar-refractivity contribution is 0.307. The van der Waals surface area contributed by atoms with Gasteiger partial charge in [-0.15, -0.1) is 0 Å². The fourth-order valence-electron chi connectivity index (χ4n) is 3.34. The molecule has 2 aromatic carbocycles. The Morgan fingerprint density at radius 1 is 1.00 bits per heavy atom. The van der Waals surface area contributed by atoms with Gasteiger partial charge in [0.25, 0.3) is 0 Å². The zero-order valence-corrected chi connectivity index (χ0v) is 14.5. The number of H-pyrrole nitrogens is 1. The molecule has 0 saturated carbocycles. The van der Waals surface area contributed by atoms with Crippen molar-refractivity contribution in [3.63, 3.8) is 0 Å². The zero-order valence-electron chi connectivity index (χ0n) is 14.5. The number of fused-ring (bicyclic) bond motifs is 2. The quantitative estimate of drug-likeness (QED) is 0.572. The Morgan fingerprint density at radius 3 is 2.62 bits per heavy atom. The smallest absolute Gasteiger partial charge is 0.336 e. The summed E-state index contributed by atoms with van der Waals surface area (Å²) in [7, 11) is 0. The first-order chi connectivity index (χ1) is 12.5. The van der Waals surface area contributed by atoms with E-state index in [1.807, 2.05) is 44.2 Å². The number of aryl methyl sites for hydroxylation is 2. The van der Waals surface area contributed by atoms with Gasteiger partial charge in [0.15, 0.2) is 0 Å². The second kappa shape index (κ2) is 6.19. The second-order valence-corrected chi connectivity index (χ2v) is 6.35. The Morgan fingerprint density at radius 2 is 1.77 bits per heavy atom. The van der Waals surface area contributed by atoms with Crippen LogP contribution >= 0.6 is 0 Å². The van der Waals surface area contributed by atoms with Gasteiger partial charge in [-0.3, -0.25) is 4.79 Å². The van der Waals surface area contributed by atoms with Crippen LogP contribution in [0.25, 0.3) is 21.9 Å². The summed E-state index contributed by atoms with van der Waals surface area (Å²) < 4.78 is 11.2. The number of hydrogen-bond donors (Lipinski definition) is 1. The fraction of sp³-hybridized carbons (Fsp3) is 0.143. The van der Waals surface area contributed by atoms with E-state index >= 15 is 0 Å². The third-order valence-electron chi connectivity index (χ3n) is 4.44. The summed E-state index contributed by atoms with van der Waals surface area (Å²) in [6.07, 6.45) is 0. The van der Waals surface area contributed by atoms with Crippen molar-refractivity contribution in [2.45, 2.75) is 20.5 Å². The molecule has 4 aromatic rings. The topological polar surface area (TPSA) is 72.3 Å². The molecular formula is C21H17NO4. The Hall–Kier alpha value is -3.34. The molecule has 0 aliphatic rings. The molecule has 0 unspecified atom stereocenters. The van der Waals surface area contributed by atoms with Crippen molar-refractivity contribution < 1.29 is 9.15 Å². The van der Waals surface area contributed by atoms with Gasteiger partial charge in [-0.2, -0.15) is 0 Å². The summed E-state index contributed by atoms with van der Waals surface area (Å²) in [5.41, 5.74) is 3.37. The molecule has 4 rings (SSSR count). The molecule has 0 fully saturated rings.